The third kappa shape index (κ3) is 20.8. The summed E-state index contributed by atoms with van der Waals surface area (Å²) in [4.78, 5) is 12.1. The molecule has 4 nitrogen and oxygen atoms in total. The van der Waals surface area contributed by atoms with Crippen LogP contribution in [0.4, 0.5) is 0 Å². The van der Waals surface area contributed by atoms with E-state index in [-0.39, 0.29) is 12.5 Å². The van der Waals surface area contributed by atoms with E-state index >= 15 is 0 Å². The minimum Gasteiger partial charge on any atom is -0.394 e. The van der Waals surface area contributed by atoms with E-state index in [1.807, 2.05) is 6.08 Å². The molecule has 0 heterocycles. The lowest BCUT2D eigenvalue weighted by Gasteiger charge is -2.20. The third-order valence-electron chi connectivity index (χ3n) is 6.02. The summed E-state index contributed by atoms with van der Waals surface area (Å²) < 4.78 is 0. The summed E-state index contributed by atoms with van der Waals surface area (Å²) in [5.74, 6) is -0.0712. The van der Waals surface area contributed by atoms with Crippen LogP contribution in [0.15, 0.2) is 12.2 Å². The average Bonchev–Trinajstić information content (AvgIpc) is 2.77. The summed E-state index contributed by atoms with van der Waals surface area (Å²) in [6, 6.07) is -0.610. The highest BCUT2D eigenvalue weighted by molar-refractivity contribution is 5.76. The van der Waals surface area contributed by atoms with Crippen molar-refractivity contribution in [2.75, 3.05) is 6.61 Å². The molecule has 0 saturated heterocycles. The molecule has 0 saturated carbocycles. The van der Waals surface area contributed by atoms with Crippen molar-refractivity contribution < 1.29 is 15.0 Å². The van der Waals surface area contributed by atoms with Gasteiger partial charge in [0.25, 0.3) is 0 Å². The Hall–Kier alpha value is -0.870. The zero-order valence-electron chi connectivity index (χ0n) is 20.8. The van der Waals surface area contributed by atoms with E-state index in [0.717, 1.165) is 25.7 Å². The van der Waals surface area contributed by atoms with E-state index in [9.17, 15) is 15.0 Å². The predicted molar refractivity (Wildman–Crippen MR) is 133 cm³/mol. The maximum atomic E-state index is 12.1. The Morgan fingerprint density at radius 2 is 1.19 bits per heavy atom. The van der Waals surface area contributed by atoms with Gasteiger partial charge in [-0.1, -0.05) is 122 Å². The molecule has 0 spiro atoms. The van der Waals surface area contributed by atoms with Gasteiger partial charge in [-0.15, -0.1) is 0 Å². The number of nitrogens with one attached hydrogen (secondary N) is 1. The number of amides is 1. The maximum Gasteiger partial charge on any atom is 0.220 e. The minimum absolute atomic E-state index is 0.0712. The fourth-order valence-corrected chi connectivity index (χ4v) is 3.88. The summed E-state index contributed by atoms with van der Waals surface area (Å²) in [7, 11) is 0. The number of aliphatic hydroxyl groups is 2. The van der Waals surface area contributed by atoms with Crippen molar-refractivity contribution in [3.8, 4) is 0 Å². The minimum atomic E-state index is -0.828. The number of allylic oxidation sites excluding steroid dienone is 1. The third-order valence-corrected chi connectivity index (χ3v) is 6.02. The molecule has 3 N–H and O–H groups in total. The van der Waals surface area contributed by atoms with E-state index in [4.69, 9.17) is 0 Å². The van der Waals surface area contributed by atoms with Crippen molar-refractivity contribution in [3.05, 3.63) is 12.2 Å². The summed E-state index contributed by atoms with van der Waals surface area (Å²) >= 11 is 0. The number of aliphatic hydroxyl groups excluding tert-OH is 2. The Morgan fingerprint density at radius 1 is 0.742 bits per heavy atom. The highest BCUT2D eigenvalue weighted by Crippen LogP contribution is 2.12. The fraction of sp³-hybridized carbons (Fsp3) is 0.889. The number of unbranched alkanes of at least 4 members (excludes halogenated alkanes) is 16. The van der Waals surface area contributed by atoms with Crippen LogP contribution in [-0.4, -0.2) is 34.9 Å². The average molecular weight is 440 g/mol. The van der Waals surface area contributed by atoms with Gasteiger partial charge in [-0.2, -0.15) is 0 Å². The quantitative estimate of drug-likeness (QED) is 0.121. The van der Waals surface area contributed by atoms with Crippen molar-refractivity contribution >= 4 is 5.91 Å². The highest BCUT2D eigenvalue weighted by atomic mass is 16.3. The molecule has 4 heteroatoms. The van der Waals surface area contributed by atoms with Crippen molar-refractivity contribution in [2.24, 2.45) is 0 Å². The second-order valence-corrected chi connectivity index (χ2v) is 9.12. The number of carbonyl (C=O) groups excluding carboxylic acids is 1. The molecule has 0 aliphatic heterocycles. The van der Waals surface area contributed by atoms with E-state index in [0.29, 0.717) is 6.42 Å². The molecule has 2 unspecified atom stereocenters. The SMILES string of the molecule is CCCCCCCCC/C=C/C(O)C(CO)NC(=O)CCCCCCCCCCCC. The molecule has 0 aromatic rings. The van der Waals surface area contributed by atoms with E-state index in [2.05, 4.69) is 19.2 Å². The van der Waals surface area contributed by atoms with Crippen LogP contribution in [0.25, 0.3) is 0 Å². The normalized spacial score (nSPS) is 13.5. The lowest BCUT2D eigenvalue weighted by molar-refractivity contribution is -0.123. The first-order valence-corrected chi connectivity index (χ1v) is 13.4. The van der Waals surface area contributed by atoms with Crippen LogP contribution in [0.2, 0.25) is 0 Å². The molecule has 0 bridgehead atoms. The van der Waals surface area contributed by atoms with Gasteiger partial charge in [-0.25, -0.2) is 0 Å². The zero-order valence-corrected chi connectivity index (χ0v) is 20.8. The molecule has 184 valence electrons. The first-order valence-electron chi connectivity index (χ1n) is 13.4. The molecule has 31 heavy (non-hydrogen) atoms. The van der Waals surface area contributed by atoms with E-state index < -0.39 is 12.1 Å². The first kappa shape index (κ1) is 30.1. The Balaban J connectivity index is 3.73. The lowest BCUT2D eigenvalue weighted by Crippen LogP contribution is -2.45. The summed E-state index contributed by atoms with van der Waals surface area (Å²) in [5.41, 5.74) is 0. The second kappa shape index (κ2) is 23.8. The summed E-state index contributed by atoms with van der Waals surface area (Å²) in [6.45, 7) is 4.23. The second-order valence-electron chi connectivity index (χ2n) is 9.12. The van der Waals surface area contributed by atoms with Crippen LogP contribution in [-0.2, 0) is 4.79 Å². The first-order chi connectivity index (χ1) is 15.2. The van der Waals surface area contributed by atoms with Crippen molar-refractivity contribution in [3.63, 3.8) is 0 Å². The lowest BCUT2D eigenvalue weighted by atomic mass is 10.1. The predicted octanol–water partition coefficient (Wildman–Crippen LogP) is 6.83. The van der Waals surface area contributed by atoms with Crippen LogP contribution in [0.1, 0.15) is 136 Å². The Kier molecular flexibility index (Phi) is 23.1. The molecule has 0 aromatic carbocycles. The van der Waals surface area contributed by atoms with Crippen molar-refractivity contribution in [1.82, 2.24) is 5.32 Å². The molecule has 0 radical (unpaired) electrons. The van der Waals surface area contributed by atoms with E-state index in [1.165, 1.54) is 89.9 Å². The molecule has 0 aromatic heterocycles. The van der Waals surface area contributed by atoms with Gasteiger partial charge in [0.1, 0.15) is 0 Å². The summed E-state index contributed by atoms with van der Waals surface area (Å²) in [5, 5.41) is 22.6. The molecule has 0 aliphatic carbocycles. The number of carbonyl (C=O) groups is 1. The monoisotopic (exact) mass is 439 g/mol. The standard InChI is InChI=1S/C27H53NO3/c1-3-5-7-9-11-13-15-17-19-21-23-27(31)28-25(24-29)26(30)22-20-18-16-14-12-10-8-6-4-2/h20,22,25-26,29-30H,3-19,21,23-24H2,1-2H3,(H,28,31)/b22-20+. The Bertz CT molecular complexity index is 411. The van der Waals surface area contributed by atoms with Gasteiger partial charge in [0.15, 0.2) is 0 Å². The topological polar surface area (TPSA) is 69.6 Å². The number of hydrogen-bond donors (Lipinski definition) is 3. The summed E-state index contributed by atoms with van der Waals surface area (Å²) in [6.07, 6.45) is 25.6. The van der Waals surface area contributed by atoms with Gasteiger partial charge in [0, 0.05) is 6.42 Å². The molecule has 0 aliphatic rings. The smallest absolute Gasteiger partial charge is 0.220 e. The van der Waals surface area contributed by atoms with Gasteiger partial charge in [0.05, 0.1) is 18.8 Å². The fourth-order valence-electron chi connectivity index (χ4n) is 3.88. The van der Waals surface area contributed by atoms with Crippen molar-refractivity contribution in [2.45, 2.75) is 148 Å². The van der Waals surface area contributed by atoms with E-state index in [1.54, 1.807) is 6.08 Å². The van der Waals surface area contributed by atoms with Crippen molar-refractivity contribution in [1.29, 1.82) is 0 Å². The van der Waals surface area contributed by atoms with Gasteiger partial charge in [0.2, 0.25) is 5.91 Å². The Morgan fingerprint density at radius 3 is 1.68 bits per heavy atom. The molecule has 0 fully saturated rings. The highest BCUT2D eigenvalue weighted by Gasteiger charge is 2.17. The zero-order chi connectivity index (χ0) is 23.0. The maximum absolute atomic E-state index is 12.1. The number of hydrogen-bond acceptors (Lipinski definition) is 3. The van der Waals surface area contributed by atoms with Gasteiger partial charge >= 0.3 is 0 Å². The molecule has 1 amide bonds. The number of rotatable bonds is 23. The van der Waals surface area contributed by atoms with Crippen LogP contribution >= 0.6 is 0 Å². The molecular weight excluding hydrogens is 386 g/mol. The van der Waals surface area contributed by atoms with Crippen LogP contribution < -0.4 is 5.32 Å². The largest absolute Gasteiger partial charge is 0.394 e. The van der Waals surface area contributed by atoms with Crippen LogP contribution in [0.3, 0.4) is 0 Å². The molecule has 2 atom stereocenters. The van der Waals surface area contributed by atoms with Crippen LogP contribution in [0, 0.1) is 0 Å². The van der Waals surface area contributed by atoms with Gasteiger partial charge < -0.3 is 15.5 Å². The molecular formula is C27H53NO3. The van der Waals surface area contributed by atoms with Gasteiger partial charge in [-0.3, -0.25) is 4.79 Å². The van der Waals surface area contributed by atoms with Crippen LogP contribution in [0.5, 0.6) is 0 Å². The Labute approximate surface area is 193 Å². The molecule has 0 rings (SSSR count). The van der Waals surface area contributed by atoms with Gasteiger partial charge in [-0.05, 0) is 19.3 Å².